The van der Waals surface area contributed by atoms with Crippen molar-refractivity contribution in [3.8, 4) is 0 Å². The fourth-order valence-electron chi connectivity index (χ4n) is 1.68. The van der Waals surface area contributed by atoms with Gasteiger partial charge in [-0.15, -0.1) is 0 Å². The lowest BCUT2D eigenvalue weighted by atomic mass is 10.1. The Kier molecular flexibility index (Phi) is 4.29. The molecule has 0 aliphatic rings. The highest BCUT2D eigenvalue weighted by molar-refractivity contribution is 9.10. The average Bonchev–Trinajstić information content (AvgIpc) is 2.38. The molecule has 1 amide bonds. The molecule has 0 saturated heterocycles. The number of benzene rings is 2. The van der Waals surface area contributed by atoms with E-state index < -0.39 is 11.7 Å². The molecule has 98 valence electrons. The monoisotopic (exact) mass is 322 g/mol. The second kappa shape index (κ2) is 5.95. The van der Waals surface area contributed by atoms with Crippen molar-refractivity contribution >= 4 is 27.5 Å². The first-order valence-corrected chi connectivity index (χ1v) is 6.45. The molecule has 0 unspecified atom stereocenters. The zero-order valence-electron chi connectivity index (χ0n) is 9.99. The van der Waals surface area contributed by atoms with Crippen LogP contribution in [0.2, 0.25) is 0 Å². The van der Waals surface area contributed by atoms with Crippen molar-refractivity contribution < 1.29 is 9.18 Å². The maximum atomic E-state index is 13.6. The number of halogens is 2. The summed E-state index contributed by atoms with van der Waals surface area (Å²) in [7, 11) is 0. The number of hydrogen-bond acceptors (Lipinski definition) is 2. The van der Waals surface area contributed by atoms with Crippen molar-refractivity contribution in [1.29, 1.82) is 0 Å². The summed E-state index contributed by atoms with van der Waals surface area (Å²) in [6, 6.07) is 11.5. The van der Waals surface area contributed by atoms with E-state index in [0.29, 0.717) is 16.7 Å². The smallest absolute Gasteiger partial charge is 0.259 e. The van der Waals surface area contributed by atoms with Crippen molar-refractivity contribution in [2.75, 3.05) is 5.32 Å². The Morgan fingerprint density at radius 1 is 1.26 bits per heavy atom. The molecule has 0 aromatic heterocycles. The summed E-state index contributed by atoms with van der Waals surface area (Å²) in [6.45, 7) is 0.382. The predicted molar refractivity (Wildman–Crippen MR) is 76.4 cm³/mol. The molecule has 0 spiro atoms. The fourth-order valence-corrected chi connectivity index (χ4v) is 2.21. The molecule has 3 N–H and O–H groups in total. The highest BCUT2D eigenvalue weighted by Crippen LogP contribution is 2.21. The first kappa shape index (κ1) is 13.7. The fraction of sp³-hybridized carbons (Fsp3) is 0.0714. The van der Waals surface area contributed by atoms with Crippen LogP contribution in [-0.4, -0.2) is 5.91 Å². The summed E-state index contributed by atoms with van der Waals surface area (Å²) >= 11 is 3.17. The SMILES string of the molecule is NCc1cccc(NC(=O)c2c(F)cccc2Br)c1. The van der Waals surface area contributed by atoms with Gasteiger partial charge < -0.3 is 11.1 Å². The Bertz CT molecular complexity index is 596. The molecule has 0 fully saturated rings. The molecule has 0 heterocycles. The highest BCUT2D eigenvalue weighted by Gasteiger charge is 2.15. The van der Waals surface area contributed by atoms with Gasteiger partial charge in [0.05, 0.1) is 5.56 Å². The number of nitrogens with two attached hydrogens (primary N) is 1. The molecule has 0 saturated carbocycles. The van der Waals surface area contributed by atoms with Crippen LogP contribution in [0.25, 0.3) is 0 Å². The zero-order chi connectivity index (χ0) is 13.8. The van der Waals surface area contributed by atoms with Crippen molar-refractivity contribution in [1.82, 2.24) is 0 Å². The molecule has 5 heteroatoms. The van der Waals surface area contributed by atoms with E-state index in [9.17, 15) is 9.18 Å². The van der Waals surface area contributed by atoms with E-state index in [1.165, 1.54) is 12.1 Å². The van der Waals surface area contributed by atoms with E-state index in [1.807, 2.05) is 6.07 Å². The summed E-state index contributed by atoms with van der Waals surface area (Å²) in [6.07, 6.45) is 0. The Balaban J connectivity index is 2.26. The Morgan fingerprint density at radius 3 is 2.68 bits per heavy atom. The van der Waals surface area contributed by atoms with Gasteiger partial charge in [-0.2, -0.15) is 0 Å². The van der Waals surface area contributed by atoms with Crippen LogP contribution in [0.1, 0.15) is 15.9 Å². The van der Waals surface area contributed by atoms with E-state index in [2.05, 4.69) is 21.2 Å². The largest absolute Gasteiger partial charge is 0.326 e. The molecule has 0 atom stereocenters. The van der Waals surface area contributed by atoms with E-state index >= 15 is 0 Å². The Hall–Kier alpha value is -1.72. The highest BCUT2D eigenvalue weighted by atomic mass is 79.9. The standard InChI is InChI=1S/C14H12BrFN2O/c15-11-5-2-6-12(16)13(11)14(19)18-10-4-1-3-9(7-10)8-17/h1-7H,8,17H2,(H,18,19). The summed E-state index contributed by atoms with van der Waals surface area (Å²) in [4.78, 5) is 12.0. The second-order valence-electron chi connectivity index (χ2n) is 3.96. The minimum absolute atomic E-state index is 0.0133. The number of carbonyl (C=O) groups excluding carboxylic acids is 1. The first-order valence-electron chi connectivity index (χ1n) is 5.66. The van der Waals surface area contributed by atoms with E-state index in [1.54, 1.807) is 24.3 Å². The van der Waals surface area contributed by atoms with Crippen LogP contribution >= 0.6 is 15.9 Å². The van der Waals surface area contributed by atoms with E-state index in [0.717, 1.165) is 5.56 Å². The van der Waals surface area contributed by atoms with Crippen LogP contribution in [0.15, 0.2) is 46.9 Å². The maximum Gasteiger partial charge on any atom is 0.259 e. The van der Waals surface area contributed by atoms with Crippen LogP contribution in [0.4, 0.5) is 10.1 Å². The zero-order valence-corrected chi connectivity index (χ0v) is 11.6. The van der Waals surface area contributed by atoms with E-state index in [4.69, 9.17) is 5.73 Å². The number of amides is 1. The summed E-state index contributed by atoms with van der Waals surface area (Å²) in [5, 5.41) is 2.65. The molecular weight excluding hydrogens is 311 g/mol. The predicted octanol–water partition coefficient (Wildman–Crippen LogP) is 3.30. The molecule has 2 aromatic carbocycles. The first-order chi connectivity index (χ1) is 9.11. The van der Waals surface area contributed by atoms with Gasteiger partial charge >= 0.3 is 0 Å². The van der Waals surface area contributed by atoms with Gasteiger partial charge in [-0.1, -0.05) is 18.2 Å². The Labute approximate surface area is 118 Å². The van der Waals surface area contributed by atoms with Crippen LogP contribution < -0.4 is 11.1 Å². The number of nitrogens with one attached hydrogen (secondary N) is 1. The number of rotatable bonds is 3. The summed E-state index contributed by atoms with van der Waals surface area (Å²) < 4.78 is 14.1. The van der Waals surface area contributed by atoms with Gasteiger partial charge in [0.2, 0.25) is 0 Å². The lowest BCUT2D eigenvalue weighted by Gasteiger charge is -2.08. The van der Waals surface area contributed by atoms with Gasteiger partial charge in [0, 0.05) is 16.7 Å². The van der Waals surface area contributed by atoms with Gasteiger partial charge in [-0.25, -0.2) is 4.39 Å². The number of carbonyl (C=O) groups is 1. The van der Waals surface area contributed by atoms with Crippen LogP contribution in [0.5, 0.6) is 0 Å². The minimum Gasteiger partial charge on any atom is -0.326 e. The van der Waals surface area contributed by atoms with E-state index in [-0.39, 0.29) is 5.56 Å². The van der Waals surface area contributed by atoms with Crippen LogP contribution in [0.3, 0.4) is 0 Å². The average molecular weight is 323 g/mol. The molecule has 0 radical (unpaired) electrons. The van der Waals surface area contributed by atoms with Crippen molar-refractivity contribution in [3.05, 3.63) is 63.9 Å². The third-order valence-corrected chi connectivity index (χ3v) is 3.27. The molecule has 0 bridgehead atoms. The normalized spacial score (nSPS) is 10.3. The summed E-state index contributed by atoms with van der Waals surface area (Å²) in [5.41, 5.74) is 7.00. The quantitative estimate of drug-likeness (QED) is 0.911. The molecule has 2 aromatic rings. The molecule has 2 rings (SSSR count). The van der Waals surface area contributed by atoms with Crippen molar-refractivity contribution in [2.24, 2.45) is 5.73 Å². The molecule has 0 aliphatic heterocycles. The molecular formula is C14H12BrFN2O. The topological polar surface area (TPSA) is 55.1 Å². The lowest BCUT2D eigenvalue weighted by Crippen LogP contribution is -2.14. The number of anilines is 1. The minimum atomic E-state index is -0.568. The summed E-state index contributed by atoms with van der Waals surface area (Å²) in [5.74, 6) is -1.07. The Morgan fingerprint density at radius 2 is 2.00 bits per heavy atom. The van der Waals surface area contributed by atoms with Gasteiger partial charge in [0.15, 0.2) is 0 Å². The molecule has 3 nitrogen and oxygen atoms in total. The maximum absolute atomic E-state index is 13.6. The second-order valence-corrected chi connectivity index (χ2v) is 4.81. The molecule has 0 aliphatic carbocycles. The van der Waals surface area contributed by atoms with Gasteiger partial charge in [0.25, 0.3) is 5.91 Å². The van der Waals surface area contributed by atoms with Crippen molar-refractivity contribution in [2.45, 2.75) is 6.54 Å². The van der Waals surface area contributed by atoms with Gasteiger partial charge in [-0.3, -0.25) is 4.79 Å². The third-order valence-electron chi connectivity index (χ3n) is 2.61. The van der Waals surface area contributed by atoms with Crippen LogP contribution in [0, 0.1) is 5.82 Å². The van der Waals surface area contributed by atoms with Gasteiger partial charge in [0.1, 0.15) is 5.82 Å². The van der Waals surface area contributed by atoms with Crippen molar-refractivity contribution in [3.63, 3.8) is 0 Å². The van der Waals surface area contributed by atoms with Gasteiger partial charge in [-0.05, 0) is 45.8 Å². The van der Waals surface area contributed by atoms with Crippen LogP contribution in [-0.2, 0) is 6.54 Å². The third kappa shape index (κ3) is 3.19. The molecule has 19 heavy (non-hydrogen) atoms. The number of hydrogen-bond donors (Lipinski definition) is 2. The lowest BCUT2D eigenvalue weighted by molar-refractivity contribution is 0.102.